The van der Waals surface area contributed by atoms with Crippen molar-refractivity contribution in [3.8, 4) is 18.2 Å². The summed E-state index contributed by atoms with van der Waals surface area (Å²) in [7, 11) is 2.13. The number of piperazine rings is 1. The van der Waals surface area contributed by atoms with Crippen molar-refractivity contribution < 1.29 is 4.90 Å². The lowest BCUT2D eigenvalue weighted by Gasteiger charge is -2.32. The monoisotopic (exact) mass is 412 g/mol. The number of allylic oxidation sites excluding steroid dienone is 1. The van der Waals surface area contributed by atoms with Crippen molar-refractivity contribution in [2.75, 3.05) is 54.9 Å². The number of nitrogens with one attached hydrogen (secondary N) is 2. The molecule has 0 bridgehead atoms. The van der Waals surface area contributed by atoms with E-state index in [1.165, 1.54) is 4.90 Å². The van der Waals surface area contributed by atoms with Crippen LogP contribution in [-0.4, -0.2) is 49.7 Å². The molecule has 1 saturated heterocycles. The molecule has 154 valence electrons. The third-order valence-electron chi connectivity index (χ3n) is 5.63. The molecule has 0 unspecified atom stereocenters. The molecule has 1 fully saturated rings. The first-order valence-corrected chi connectivity index (χ1v) is 10.2. The molecule has 9 heteroatoms. The molecule has 2 N–H and O–H groups in total. The molecule has 2 aromatic rings. The molecule has 0 amide bonds. The summed E-state index contributed by atoms with van der Waals surface area (Å²) in [6.07, 6.45) is 0. The first kappa shape index (κ1) is 20.2. The van der Waals surface area contributed by atoms with Gasteiger partial charge in [0, 0.05) is 6.54 Å². The molecule has 9 nitrogen and oxygen atoms in total. The van der Waals surface area contributed by atoms with Gasteiger partial charge in [-0.15, -0.1) is 0 Å². The Hall–Kier alpha value is -4.13. The van der Waals surface area contributed by atoms with E-state index in [9.17, 15) is 15.8 Å². The molecule has 0 atom stereocenters. The molecule has 3 heterocycles. The molecule has 1 aromatic carbocycles. The van der Waals surface area contributed by atoms with Crippen molar-refractivity contribution in [3.05, 3.63) is 47.2 Å². The lowest BCUT2D eigenvalue weighted by atomic mass is 10.1. The number of nitrogens with zero attached hydrogens (tertiary/aromatic N) is 7. The highest BCUT2D eigenvalue weighted by Gasteiger charge is 2.31. The van der Waals surface area contributed by atoms with Gasteiger partial charge in [-0.05, 0) is 19.1 Å². The number of para-hydroxylation sites is 2. The van der Waals surface area contributed by atoms with Crippen LogP contribution in [0, 0.1) is 34.0 Å². The zero-order valence-electron chi connectivity index (χ0n) is 17.5. The number of anilines is 3. The smallest absolute Gasteiger partial charge is 0.179 e. The Labute approximate surface area is 181 Å². The summed E-state index contributed by atoms with van der Waals surface area (Å²) < 4.78 is 0. The largest absolute Gasteiger partial charge is 0.343 e. The highest BCUT2D eigenvalue weighted by molar-refractivity contribution is 5.93. The Morgan fingerprint density at radius 1 is 1.10 bits per heavy atom. The van der Waals surface area contributed by atoms with E-state index in [1.54, 1.807) is 0 Å². The zero-order chi connectivity index (χ0) is 22.0. The molecule has 1 aromatic heterocycles. The highest BCUT2D eigenvalue weighted by Crippen LogP contribution is 2.39. The second-order valence-electron chi connectivity index (χ2n) is 7.48. The van der Waals surface area contributed by atoms with Crippen LogP contribution in [0.4, 0.5) is 17.2 Å². The van der Waals surface area contributed by atoms with Gasteiger partial charge in [0.25, 0.3) is 0 Å². The molecule has 4 rings (SSSR count). The van der Waals surface area contributed by atoms with Gasteiger partial charge in [-0.25, -0.2) is 9.97 Å². The number of hydrogen-bond donors (Lipinski definition) is 2. The van der Waals surface area contributed by atoms with Crippen LogP contribution in [0.5, 0.6) is 0 Å². The highest BCUT2D eigenvalue weighted by atomic mass is 15.3. The number of benzene rings is 1. The molecule has 2 aliphatic rings. The van der Waals surface area contributed by atoms with Gasteiger partial charge in [-0.3, -0.25) is 0 Å². The van der Waals surface area contributed by atoms with Crippen LogP contribution in [0.1, 0.15) is 24.0 Å². The maximum atomic E-state index is 10.2. The van der Waals surface area contributed by atoms with Gasteiger partial charge in [-0.1, -0.05) is 12.1 Å². The number of hydrogen-bond acceptors (Lipinski definition) is 8. The zero-order valence-corrected chi connectivity index (χ0v) is 17.5. The SMILES string of the molecule is CCN1C(=C(C#N)c2nc(C#N)c(C#N)nc2N2CC[NH+](C)CC2)Nc2ccccc21. The van der Waals surface area contributed by atoms with E-state index in [4.69, 9.17) is 0 Å². The van der Waals surface area contributed by atoms with Crippen LogP contribution >= 0.6 is 0 Å². The van der Waals surface area contributed by atoms with E-state index in [1.807, 2.05) is 53.1 Å². The Bertz CT molecular complexity index is 1170. The normalized spacial score (nSPS) is 17.3. The maximum Gasteiger partial charge on any atom is 0.179 e. The van der Waals surface area contributed by atoms with E-state index in [0.29, 0.717) is 29.5 Å². The fourth-order valence-electron chi connectivity index (χ4n) is 3.95. The second kappa shape index (κ2) is 8.31. The van der Waals surface area contributed by atoms with E-state index < -0.39 is 0 Å². The van der Waals surface area contributed by atoms with Crippen LogP contribution in [0.2, 0.25) is 0 Å². The summed E-state index contributed by atoms with van der Waals surface area (Å²) in [4.78, 5) is 14.4. The Morgan fingerprint density at radius 3 is 2.42 bits per heavy atom. The van der Waals surface area contributed by atoms with Crippen molar-refractivity contribution >= 4 is 22.8 Å². The Balaban J connectivity index is 1.91. The first-order chi connectivity index (χ1) is 15.1. The average Bonchev–Trinajstić information content (AvgIpc) is 3.18. The molecule has 0 aliphatic carbocycles. The van der Waals surface area contributed by atoms with Crippen molar-refractivity contribution in [1.82, 2.24) is 9.97 Å². The molecule has 0 spiro atoms. The molecule has 0 radical (unpaired) electrons. The van der Waals surface area contributed by atoms with Crippen LogP contribution in [-0.2, 0) is 0 Å². The predicted octanol–water partition coefficient (Wildman–Crippen LogP) is 0.699. The van der Waals surface area contributed by atoms with E-state index >= 15 is 0 Å². The lowest BCUT2D eigenvalue weighted by Crippen LogP contribution is -3.12. The van der Waals surface area contributed by atoms with E-state index in [-0.39, 0.29) is 11.4 Å². The number of rotatable bonds is 3. The van der Waals surface area contributed by atoms with Crippen LogP contribution < -0.4 is 20.0 Å². The number of aromatic nitrogens is 2. The molecule has 0 saturated carbocycles. The molecular weight excluding hydrogens is 390 g/mol. The lowest BCUT2D eigenvalue weighted by molar-refractivity contribution is -0.880. The molecule has 2 aliphatic heterocycles. The summed E-state index contributed by atoms with van der Waals surface area (Å²) in [6, 6.07) is 14.0. The standard InChI is InChI=1S/C22H21N9/c1-3-31-19-7-5-4-6-16(19)27-21(31)15(12-23)20-22(30-10-8-29(2)9-11-30)28-18(14-25)17(13-24)26-20/h4-7,27H,3,8-11H2,1-2H3/p+1. The number of likely N-dealkylation sites (N-methyl/N-ethyl adjacent to an activating group) is 1. The first-order valence-electron chi connectivity index (χ1n) is 10.2. The van der Waals surface area contributed by atoms with Gasteiger partial charge in [0.2, 0.25) is 0 Å². The van der Waals surface area contributed by atoms with E-state index in [0.717, 1.165) is 37.6 Å². The summed E-state index contributed by atoms with van der Waals surface area (Å²) in [5.74, 6) is 1.08. The van der Waals surface area contributed by atoms with E-state index in [2.05, 4.69) is 28.4 Å². The fraction of sp³-hybridized carbons (Fsp3) is 0.318. The summed E-state index contributed by atoms with van der Waals surface area (Å²) in [5, 5.41) is 32.5. The van der Waals surface area contributed by atoms with Crippen molar-refractivity contribution in [2.45, 2.75) is 6.92 Å². The van der Waals surface area contributed by atoms with Crippen molar-refractivity contribution in [1.29, 1.82) is 15.8 Å². The van der Waals surface area contributed by atoms with Gasteiger partial charge in [0.15, 0.2) is 17.2 Å². The topological polar surface area (TPSA) is 120 Å². The fourth-order valence-corrected chi connectivity index (χ4v) is 3.95. The average molecular weight is 412 g/mol. The van der Waals surface area contributed by atoms with Crippen LogP contribution in [0.15, 0.2) is 30.1 Å². The van der Waals surface area contributed by atoms with Gasteiger partial charge >= 0.3 is 0 Å². The number of quaternary nitrogens is 1. The molecule has 31 heavy (non-hydrogen) atoms. The summed E-state index contributed by atoms with van der Waals surface area (Å²) in [5.41, 5.74) is 2.40. The number of nitriles is 3. The van der Waals surface area contributed by atoms with Crippen molar-refractivity contribution in [3.63, 3.8) is 0 Å². The van der Waals surface area contributed by atoms with Crippen LogP contribution in [0.25, 0.3) is 5.57 Å². The third-order valence-corrected chi connectivity index (χ3v) is 5.63. The minimum atomic E-state index is -0.0760. The second-order valence-corrected chi connectivity index (χ2v) is 7.48. The van der Waals surface area contributed by atoms with Crippen molar-refractivity contribution in [2.24, 2.45) is 0 Å². The van der Waals surface area contributed by atoms with Gasteiger partial charge in [0.05, 0.1) is 44.6 Å². The Morgan fingerprint density at radius 2 is 1.77 bits per heavy atom. The number of fused-ring (bicyclic) bond motifs is 1. The quantitative estimate of drug-likeness (QED) is 0.707. The van der Waals surface area contributed by atoms with Gasteiger partial charge in [0.1, 0.15) is 35.3 Å². The van der Waals surface area contributed by atoms with Crippen LogP contribution in [0.3, 0.4) is 0 Å². The third kappa shape index (κ3) is 3.50. The van der Waals surface area contributed by atoms with Gasteiger partial charge in [-0.2, -0.15) is 15.8 Å². The molecular formula is C22H22N9+. The Kier molecular flexibility index (Phi) is 5.41. The summed E-state index contributed by atoms with van der Waals surface area (Å²) in [6.45, 7) is 5.92. The summed E-state index contributed by atoms with van der Waals surface area (Å²) >= 11 is 0. The minimum Gasteiger partial charge on any atom is -0.343 e. The van der Waals surface area contributed by atoms with Gasteiger partial charge < -0.3 is 20.0 Å². The predicted molar refractivity (Wildman–Crippen MR) is 116 cm³/mol. The minimum absolute atomic E-state index is 0.0233. The maximum absolute atomic E-state index is 10.2.